The number of benzene rings is 2. The van der Waals surface area contributed by atoms with Gasteiger partial charge >= 0.3 is 0 Å². The van der Waals surface area contributed by atoms with E-state index in [0.29, 0.717) is 0 Å². The smallest absolute Gasteiger partial charge is 0.0762 e. The van der Waals surface area contributed by atoms with Crippen LogP contribution in [0.4, 0.5) is 0 Å². The molecular weight excluding hydrogens is 208 g/mol. The Kier molecular flexibility index (Phi) is 3.94. The molecule has 88 valence electrons. The van der Waals surface area contributed by atoms with Crippen LogP contribution in [0.15, 0.2) is 54.6 Å². The maximum absolute atomic E-state index is 9.53. The van der Waals surface area contributed by atoms with Crippen LogP contribution in [0.5, 0.6) is 0 Å². The summed E-state index contributed by atoms with van der Waals surface area (Å²) in [4.78, 5) is 0. The highest BCUT2D eigenvalue weighted by atomic mass is 16.3. The summed E-state index contributed by atoms with van der Waals surface area (Å²) >= 11 is 0. The van der Waals surface area contributed by atoms with Crippen molar-refractivity contribution in [1.82, 2.24) is 0 Å². The Labute approximate surface area is 103 Å². The van der Waals surface area contributed by atoms with Gasteiger partial charge in [0.15, 0.2) is 0 Å². The lowest BCUT2D eigenvalue weighted by Gasteiger charge is -2.07. The molecule has 0 bridgehead atoms. The number of hydrogen-bond acceptors (Lipinski definition) is 1. The monoisotopic (exact) mass is 226 g/mol. The third-order valence-electron chi connectivity index (χ3n) is 2.98. The zero-order chi connectivity index (χ0) is 12.1. The van der Waals surface area contributed by atoms with Crippen molar-refractivity contribution in [2.75, 3.05) is 0 Å². The van der Waals surface area contributed by atoms with E-state index in [-0.39, 0.29) is 6.10 Å². The van der Waals surface area contributed by atoms with Crippen molar-refractivity contribution in [3.05, 3.63) is 71.3 Å². The van der Waals surface area contributed by atoms with Gasteiger partial charge in [-0.25, -0.2) is 0 Å². The molecule has 2 aromatic carbocycles. The first-order chi connectivity index (χ1) is 8.25. The van der Waals surface area contributed by atoms with Gasteiger partial charge in [0.1, 0.15) is 0 Å². The molecule has 0 saturated carbocycles. The van der Waals surface area contributed by atoms with Gasteiger partial charge in [-0.2, -0.15) is 0 Å². The van der Waals surface area contributed by atoms with Crippen LogP contribution in [-0.4, -0.2) is 5.11 Å². The lowest BCUT2D eigenvalue weighted by Crippen LogP contribution is -1.95. The van der Waals surface area contributed by atoms with Gasteiger partial charge < -0.3 is 5.11 Å². The first kappa shape index (κ1) is 11.9. The van der Waals surface area contributed by atoms with Gasteiger partial charge in [-0.3, -0.25) is 0 Å². The van der Waals surface area contributed by atoms with E-state index < -0.39 is 0 Å². The molecule has 17 heavy (non-hydrogen) atoms. The molecule has 2 rings (SSSR count). The predicted molar refractivity (Wildman–Crippen MR) is 70.9 cm³/mol. The normalized spacial score (nSPS) is 12.4. The summed E-state index contributed by atoms with van der Waals surface area (Å²) in [5, 5.41) is 9.53. The first-order valence-corrected chi connectivity index (χ1v) is 6.06. The fourth-order valence-electron chi connectivity index (χ4n) is 1.94. The van der Waals surface area contributed by atoms with Crippen molar-refractivity contribution in [3.8, 4) is 0 Å². The second-order valence-electron chi connectivity index (χ2n) is 4.41. The van der Waals surface area contributed by atoms with Crippen LogP contribution in [0, 0.1) is 0 Å². The van der Waals surface area contributed by atoms with Crippen LogP contribution < -0.4 is 0 Å². The Hall–Kier alpha value is -1.60. The van der Waals surface area contributed by atoms with Crippen molar-refractivity contribution in [1.29, 1.82) is 0 Å². The lowest BCUT2D eigenvalue weighted by atomic mass is 10.0. The maximum atomic E-state index is 9.53. The molecule has 2 aromatic rings. The van der Waals surface area contributed by atoms with Crippen molar-refractivity contribution >= 4 is 0 Å². The molecule has 0 saturated heterocycles. The highest BCUT2D eigenvalue weighted by Gasteiger charge is 2.01. The number of aliphatic hydroxyl groups excluding tert-OH is 1. The number of rotatable bonds is 4. The Balaban J connectivity index is 2.02. The Morgan fingerprint density at radius 2 is 1.53 bits per heavy atom. The molecule has 1 unspecified atom stereocenters. The summed E-state index contributed by atoms with van der Waals surface area (Å²) in [6.45, 7) is 1.80. The van der Waals surface area contributed by atoms with E-state index in [1.807, 2.05) is 18.2 Å². The minimum absolute atomic E-state index is 0.383. The molecule has 1 N–H and O–H groups in total. The minimum atomic E-state index is -0.383. The fourth-order valence-corrected chi connectivity index (χ4v) is 1.94. The predicted octanol–water partition coefficient (Wildman–Crippen LogP) is 3.53. The highest BCUT2D eigenvalue weighted by molar-refractivity contribution is 5.26. The Morgan fingerprint density at radius 3 is 2.24 bits per heavy atom. The zero-order valence-electron chi connectivity index (χ0n) is 10.1. The molecule has 0 aromatic heterocycles. The van der Waals surface area contributed by atoms with E-state index in [2.05, 4.69) is 36.4 Å². The zero-order valence-corrected chi connectivity index (χ0v) is 10.1. The van der Waals surface area contributed by atoms with E-state index >= 15 is 0 Å². The highest BCUT2D eigenvalue weighted by Crippen LogP contribution is 2.15. The summed E-state index contributed by atoms with van der Waals surface area (Å²) in [6, 6.07) is 18.7. The summed E-state index contributed by atoms with van der Waals surface area (Å²) in [6.07, 6.45) is 1.68. The van der Waals surface area contributed by atoms with Crippen molar-refractivity contribution in [3.63, 3.8) is 0 Å². The Morgan fingerprint density at radius 1 is 0.882 bits per heavy atom. The van der Waals surface area contributed by atoms with Crippen LogP contribution >= 0.6 is 0 Å². The number of hydrogen-bond donors (Lipinski definition) is 1. The van der Waals surface area contributed by atoms with Crippen LogP contribution in [0.3, 0.4) is 0 Å². The molecule has 0 aliphatic rings. The van der Waals surface area contributed by atoms with Crippen LogP contribution in [0.2, 0.25) is 0 Å². The summed E-state index contributed by atoms with van der Waals surface area (Å²) in [5.41, 5.74) is 3.64. The van der Waals surface area contributed by atoms with Crippen LogP contribution in [-0.2, 0) is 12.8 Å². The van der Waals surface area contributed by atoms with Crippen molar-refractivity contribution in [2.45, 2.75) is 25.9 Å². The summed E-state index contributed by atoms with van der Waals surface area (Å²) in [5.74, 6) is 0. The van der Waals surface area contributed by atoms with E-state index in [0.717, 1.165) is 18.4 Å². The average molecular weight is 226 g/mol. The van der Waals surface area contributed by atoms with Gasteiger partial charge in [0.2, 0.25) is 0 Å². The minimum Gasteiger partial charge on any atom is -0.389 e. The van der Waals surface area contributed by atoms with Crippen molar-refractivity contribution < 1.29 is 5.11 Å². The first-order valence-electron chi connectivity index (χ1n) is 6.06. The molecule has 0 amide bonds. The van der Waals surface area contributed by atoms with Gasteiger partial charge in [-0.1, -0.05) is 54.6 Å². The fraction of sp³-hybridized carbons (Fsp3) is 0.250. The lowest BCUT2D eigenvalue weighted by molar-refractivity contribution is 0.199. The molecular formula is C16H18O. The molecule has 0 spiro atoms. The van der Waals surface area contributed by atoms with E-state index in [9.17, 15) is 5.11 Å². The largest absolute Gasteiger partial charge is 0.389 e. The molecule has 0 aliphatic carbocycles. The Bertz CT molecular complexity index is 460. The maximum Gasteiger partial charge on any atom is 0.0762 e. The molecule has 0 fully saturated rings. The van der Waals surface area contributed by atoms with Gasteiger partial charge in [-0.05, 0) is 36.5 Å². The van der Waals surface area contributed by atoms with E-state index in [1.165, 1.54) is 11.1 Å². The molecule has 0 heterocycles. The van der Waals surface area contributed by atoms with E-state index in [4.69, 9.17) is 0 Å². The van der Waals surface area contributed by atoms with Gasteiger partial charge in [0.25, 0.3) is 0 Å². The quantitative estimate of drug-likeness (QED) is 0.845. The number of aryl methyl sites for hydroxylation is 2. The number of aliphatic hydroxyl groups is 1. The second kappa shape index (κ2) is 5.65. The third-order valence-corrected chi connectivity index (χ3v) is 2.98. The van der Waals surface area contributed by atoms with Gasteiger partial charge in [-0.15, -0.1) is 0 Å². The average Bonchev–Trinajstić information content (AvgIpc) is 2.38. The van der Waals surface area contributed by atoms with Crippen LogP contribution in [0.25, 0.3) is 0 Å². The van der Waals surface area contributed by atoms with E-state index in [1.54, 1.807) is 6.92 Å². The topological polar surface area (TPSA) is 20.2 Å². The SMILES string of the molecule is CC(O)c1cccc(CCc2ccccc2)c1. The van der Waals surface area contributed by atoms with Gasteiger partial charge in [0, 0.05) is 0 Å². The molecule has 1 heteroatoms. The standard InChI is InChI=1S/C16H18O/c1-13(17)16-9-5-8-15(12-16)11-10-14-6-3-2-4-7-14/h2-9,12-13,17H,10-11H2,1H3. The van der Waals surface area contributed by atoms with Gasteiger partial charge in [0.05, 0.1) is 6.10 Å². The second-order valence-corrected chi connectivity index (χ2v) is 4.41. The molecule has 1 nitrogen and oxygen atoms in total. The summed E-state index contributed by atoms with van der Waals surface area (Å²) < 4.78 is 0. The molecule has 0 aliphatic heterocycles. The third kappa shape index (κ3) is 3.43. The van der Waals surface area contributed by atoms with Crippen molar-refractivity contribution in [2.24, 2.45) is 0 Å². The molecule has 0 radical (unpaired) electrons. The molecule has 1 atom stereocenters. The summed E-state index contributed by atoms with van der Waals surface area (Å²) in [7, 11) is 0. The van der Waals surface area contributed by atoms with Crippen LogP contribution in [0.1, 0.15) is 29.7 Å².